The molecule has 0 aliphatic carbocycles. The van der Waals surface area contributed by atoms with Gasteiger partial charge in [-0.3, -0.25) is 9.59 Å². The van der Waals surface area contributed by atoms with E-state index >= 15 is 0 Å². The number of ether oxygens (including phenoxy) is 1. The third kappa shape index (κ3) is 4.58. The van der Waals surface area contributed by atoms with Gasteiger partial charge in [-0.15, -0.1) is 0 Å². The van der Waals surface area contributed by atoms with E-state index in [0.29, 0.717) is 17.8 Å². The summed E-state index contributed by atoms with van der Waals surface area (Å²) in [5, 5.41) is 13.8. The van der Waals surface area contributed by atoms with E-state index < -0.39 is 0 Å². The first-order chi connectivity index (χ1) is 10.2. The van der Waals surface area contributed by atoms with Crippen LogP contribution in [-0.4, -0.2) is 31.1 Å². The number of amides is 2. The minimum atomic E-state index is -0.368. The van der Waals surface area contributed by atoms with Crippen LogP contribution in [0, 0.1) is 11.3 Å². The van der Waals surface area contributed by atoms with Crippen LogP contribution in [0.3, 0.4) is 0 Å². The summed E-state index contributed by atoms with van der Waals surface area (Å²) in [6.07, 6.45) is 1.93. The number of nitrogens with one attached hydrogen (secondary N) is 2. The highest BCUT2D eigenvalue weighted by atomic mass is 16.5. The van der Waals surface area contributed by atoms with Crippen molar-refractivity contribution in [1.82, 2.24) is 5.32 Å². The van der Waals surface area contributed by atoms with E-state index in [1.165, 1.54) is 0 Å². The van der Waals surface area contributed by atoms with Crippen LogP contribution < -0.4 is 10.6 Å². The molecular formula is C15H17N3O3. The van der Waals surface area contributed by atoms with Crippen LogP contribution >= 0.6 is 0 Å². The zero-order valence-corrected chi connectivity index (χ0v) is 11.6. The van der Waals surface area contributed by atoms with E-state index in [-0.39, 0.29) is 24.3 Å². The molecule has 1 aliphatic rings. The smallest absolute Gasteiger partial charge is 0.251 e. The van der Waals surface area contributed by atoms with Crippen LogP contribution in [0.4, 0.5) is 5.69 Å². The number of nitrogens with zero attached hydrogens (tertiary/aromatic N) is 1. The van der Waals surface area contributed by atoms with Crippen LogP contribution in [-0.2, 0) is 9.53 Å². The van der Waals surface area contributed by atoms with Crippen molar-refractivity contribution in [3.8, 4) is 6.07 Å². The highest BCUT2D eigenvalue weighted by Crippen LogP contribution is 2.12. The van der Waals surface area contributed by atoms with E-state index in [9.17, 15) is 9.59 Å². The average molecular weight is 287 g/mol. The molecule has 21 heavy (non-hydrogen) atoms. The molecule has 1 aliphatic heterocycles. The summed E-state index contributed by atoms with van der Waals surface area (Å²) in [4.78, 5) is 23.2. The summed E-state index contributed by atoms with van der Waals surface area (Å²) in [6, 6.07) is 8.31. The molecule has 0 aromatic heterocycles. The number of hydrogen-bond acceptors (Lipinski definition) is 4. The van der Waals surface area contributed by atoms with Crippen LogP contribution in [0.2, 0.25) is 0 Å². The number of rotatable bonds is 5. The number of hydrogen-bond donors (Lipinski definition) is 2. The number of carbonyl (C=O) groups excluding carboxylic acids is 2. The van der Waals surface area contributed by atoms with Gasteiger partial charge in [0.2, 0.25) is 5.91 Å². The molecule has 0 saturated carbocycles. The van der Waals surface area contributed by atoms with Crippen LogP contribution in [0.1, 0.15) is 29.6 Å². The van der Waals surface area contributed by atoms with E-state index in [1.54, 1.807) is 30.3 Å². The monoisotopic (exact) mass is 287 g/mol. The van der Waals surface area contributed by atoms with Gasteiger partial charge in [0.1, 0.15) is 6.42 Å². The summed E-state index contributed by atoms with van der Waals surface area (Å²) in [5.74, 6) is -0.534. The largest absolute Gasteiger partial charge is 0.376 e. The standard InChI is InChI=1S/C15H17N3O3/c16-8-7-14(19)18-12-5-3-11(4-6-12)15(20)17-10-13-2-1-9-21-13/h3-6,13H,1-2,7,9-10H2,(H,17,20)(H,18,19). The molecular weight excluding hydrogens is 270 g/mol. The molecule has 1 aromatic rings. The lowest BCUT2D eigenvalue weighted by Gasteiger charge is -2.11. The Morgan fingerprint density at radius 3 is 2.71 bits per heavy atom. The van der Waals surface area contributed by atoms with Crippen molar-refractivity contribution < 1.29 is 14.3 Å². The molecule has 1 heterocycles. The Morgan fingerprint density at radius 1 is 1.33 bits per heavy atom. The average Bonchev–Trinajstić information content (AvgIpc) is 2.99. The molecule has 1 fully saturated rings. The van der Waals surface area contributed by atoms with Gasteiger partial charge in [-0.05, 0) is 37.1 Å². The second kappa shape index (κ2) is 7.41. The number of benzene rings is 1. The minimum Gasteiger partial charge on any atom is -0.376 e. The molecule has 2 amide bonds. The van der Waals surface area contributed by atoms with Crippen molar-refractivity contribution >= 4 is 17.5 Å². The Hall–Kier alpha value is -2.39. The van der Waals surface area contributed by atoms with Crippen molar-refractivity contribution in [3.63, 3.8) is 0 Å². The van der Waals surface area contributed by atoms with E-state index in [0.717, 1.165) is 19.4 Å². The molecule has 1 saturated heterocycles. The van der Waals surface area contributed by atoms with Crippen molar-refractivity contribution in [3.05, 3.63) is 29.8 Å². The fraction of sp³-hybridized carbons (Fsp3) is 0.400. The van der Waals surface area contributed by atoms with Crippen LogP contribution in [0.25, 0.3) is 0 Å². The molecule has 2 N–H and O–H groups in total. The molecule has 110 valence electrons. The normalized spacial score (nSPS) is 17.0. The first-order valence-electron chi connectivity index (χ1n) is 6.85. The predicted molar refractivity (Wildman–Crippen MR) is 76.6 cm³/mol. The molecule has 6 nitrogen and oxygen atoms in total. The Morgan fingerprint density at radius 2 is 2.10 bits per heavy atom. The topological polar surface area (TPSA) is 91.2 Å². The van der Waals surface area contributed by atoms with Gasteiger partial charge in [0.25, 0.3) is 5.91 Å². The van der Waals surface area contributed by atoms with E-state index in [2.05, 4.69) is 10.6 Å². The molecule has 0 spiro atoms. The second-order valence-electron chi connectivity index (χ2n) is 4.81. The van der Waals surface area contributed by atoms with Crippen molar-refractivity contribution in [1.29, 1.82) is 5.26 Å². The third-order valence-electron chi connectivity index (χ3n) is 3.18. The maximum Gasteiger partial charge on any atom is 0.251 e. The SMILES string of the molecule is N#CCC(=O)Nc1ccc(C(=O)NCC2CCCO2)cc1. The first-order valence-corrected chi connectivity index (χ1v) is 6.85. The molecule has 1 aromatic carbocycles. The third-order valence-corrected chi connectivity index (χ3v) is 3.18. The van der Waals surface area contributed by atoms with Crippen LogP contribution in [0.15, 0.2) is 24.3 Å². The second-order valence-corrected chi connectivity index (χ2v) is 4.81. The van der Waals surface area contributed by atoms with Gasteiger partial charge in [-0.2, -0.15) is 5.26 Å². The highest BCUT2D eigenvalue weighted by Gasteiger charge is 2.16. The lowest BCUT2D eigenvalue weighted by atomic mass is 10.2. The van der Waals surface area contributed by atoms with Gasteiger partial charge in [-0.25, -0.2) is 0 Å². The van der Waals surface area contributed by atoms with Gasteiger partial charge in [0, 0.05) is 24.4 Å². The fourth-order valence-electron chi connectivity index (χ4n) is 2.10. The number of carbonyl (C=O) groups is 2. The first kappa shape index (κ1) is 15.0. The Bertz CT molecular complexity index is 542. The van der Waals surface area contributed by atoms with Crippen molar-refractivity contribution in [2.45, 2.75) is 25.4 Å². The lowest BCUT2D eigenvalue weighted by molar-refractivity contribution is -0.115. The molecule has 0 bridgehead atoms. The van der Waals surface area contributed by atoms with Crippen molar-refractivity contribution in [2.24, 2.45) is 0 Å². The molecule has 0 radical (unpaired) electrons. The minimum absolute atomic E-state index is 0.110. The highest BCUT2D eigenvalue weighted by molar-refractivity contribution is 5.96. The molecule has 6 heteroatoms. The quantitative estimate of drug-likeness (QED) is 0.857. The molecule has 1 unspecified atom stereocenters. The number of nitriles is 1. The Balaban J connectivity index is 1.84. The summed E-state index contributed by atoms with van der Waals surface area (Å²) in [7, 11) is 0. The summed E-state index contributed by atoms with van der Waals surface area (Å²) >= 11 is 0. The maximum absolute atomic E-state index is 11.9. The zero-order chi connectivity index (χ0) is 15.1. The maximum atomic E-state index is 11.9. The van der Waals surface area contributed by atoms with Crippen LogP contribution in [0.5, 0.6) is 0 Å². The molecule has 1 atom stereocenters. The number of anilines is 1. The lowest BCUT2D eigenvalue weighted by Crippen LogP contribution is -2.31. The molecule has 2 rings (SSSR count). The Labute approximate surface area is 123 Å². The van der Waals surface area contributed by atoms with Gasteiger partial charge >= 0.3 is 0 Å². The fourth-order valence-corrected chi connectivity index (χ4v) is 2.10. The van der Waals surface area contributed by atoms with Gasteiger partial charge in [0.15, 0.2) is 0 Å². The summed E-state index contributed by atoms with van der Waals surface area (Å²) in [5.41, 5.74) is 1.08. The van der Waals surface area contributed by atoms with Crippen molar-refractivity contribution in [2.75, 3.05) is 18.5 Å². The zero-order valence-electron chi connectivity index (χ0n) is 11.6. The Kier molecular flexibility index (Phi) is 5.29. The summed E-state index contributed by atoms with van der Waals surface area (Å²) in [6.45, 7) is 1.27. The predicted octanol–water partition coefficient (Wildman–Crippen LogP) is 1.45. The van der Waals surface area contributed by atoms with E-state index in [1.807, 2.05) is 0 Å². The van der Waals surface area contributed by atoms with Gasteiger partial charge < -0.3 is 15.4 Å². The summed E-state index contributed by atoms with van der Waals surface area (Å²) < 4.78 is 5.44. The van der Waals surface area contributed by atoms with E-state index in [4.69, 9.17) is 10.00 Å². The van der Waals surface area contributed by atoms with Gasteiger partial charge in [0.05, 0.1) is 12.2 Å². The van der Waals surface area contributed by atoms with Gasteiger partial charge in [-0.1, -0.05) is 0 Å².